The molecular weight excluding hydrogens is 460 g/mol. The molecule has 1 amide bonds. The van der Waals surface area contributed by atoms with Crippen LogP contribution in [0.2, 0.25) is 0 Å². The van der Waals surface area contributed by atoms with Crippen molar-refractivity contribution >= 4 is 50.4 Å². The van der Waals surface area contributed by atoms with Crippen LogP contribution in [0.15, 0.2) is 66.2 Å². The molecule has 3 heterocycles. The number of thiophene rings is 1. The van der Waals surface area contributed by atoms with Gasteiger partial charge in [-0.1, -0.05) is 24.3 Å². The summed E-state index contributed by atoms with van der Waals surface area (Å²) in [5, 5.41) is 16.8. The molecule has 35 heavy (non-hydrogen) atoms. The molecule has 5 aromatic rings. The van der Waals surface area contributed by atoms with Crippen molar-refractivity contribution in [2.75, 3.05) is 12.0 Å². The Morgan fingerprint density at radius 1 is 1.23 bits per heavy atom. The van der Waals surface area contributed by atoms with E-state index in [0.717, 1.165) is 37.1 Å². The smallest absolute Gasteiger partial charge is 0.277 e. The number of aromatic nitrogens is 3. The van der Waals surface area contributed by atoms with E-state index >= 15 is 0 Å². The van der Waals surface area contributed by atoms with E-state index in [0.29, 0.717) is 22.9 Å². The van der Waals surface area contributed by atoms with E-state index in [2.05, 4.69) is 44.5 Å². The third-order valence-electron chi connectivity index (χ3n) is 5.81. The number of hydroxylamine groups is 2. The number of aromatic amines is 1. The Labute approximate surface area is 205 Å². The zero-order valence-electron chi connectivity index (χ0n) is 19.3. The summed E-state index contributed by atoms with van der Waals surface area (Å²) in [7, 11) is 0. The van der Waals surface area contributed by atoms with Gasteiger partial charge in [-0.2, -0.15) is 5.10 Å². The van der Waals surface area contributed by atoms with Crippen molar-refractivity contribution in [1.29, 1.82) is 0 Å². The fourth-order valence-corrected chi connectivity index (χ4v) is 5.03. The molecule has 0 aliphatic rings. The first-order chi connectivity index (χ1) is 17.0. The van der Waals surface area contributed by atoms with Gasteiger partial charge in [-0.15, -0.1) is 11.3 Å². The minimum Gasteiger partial charge on any atom is -0.360 e. The Kier molecular flexibility index (Phi) is 6.26. The molecule has 0 unspecified atom stereocenters. The second-order valence-corrected chi connectivity index (χ2v) is 9.28. The van der Waals surface area contributed by atoms with E-state index in [4.69, 9.17) is 0 Å². The number of nitrogens with zero attached hydrogens (tertiary/aromatic N) is 4. The molecule has 0 saturated heterocycles. The van der Waals surface area contributed by atoms with Crippen molar-refractivity contribution in [3.63, 3.8) is 0 Å². The number of anilines is 1. The fraction of sp³-hybridized carbons (Fsp3) is 0.154. The molecule has 8 nitrogen and oxygen atoms in total. The SMILES string of the molecule is CCN(O)C(=O)c1ccc(Cc2cc3c(NN=Cc4c[nH]c5cccc(C)c45)ncnc3s2)cc1. The van der Waals surface area contributed by atoms with Gasteiger partial charge < -0.3 is 4.98 Å². The monoisotopic (exact) mass is 484 g/mol. The number of carbonyl (C=O) groups excluding carboxylic acids is 1. The van der Waals surface area contributed by atoms with Crippen LogP contribution in [0.3, 0.4) is 0 Å². The summed E-state index contributed by atoms with van der Waals surface area (Å²) >= 11 is 1.60. The summed E-state index contributed by atoms with van der Waals surface area (Å²) in [6.07, 6.45) is 5.97. The minimum absolute atomic E-state index is 0.241. The number of hydrogen-bond donors (Lipinski definition) is 3. The van der Waals surface area contributed by atoms with Gasteiger partial charge in [0.1, 0.15) is 11.2 Å². The quantitative estimate of drug-likeness (QED) is 0.164. The van der Waals surface area contributed by atoms with E-state index in [9.17, 15) is 10.0 Å². The summed E-state index contributed by atoms with van der Waals surface area (Å²) in [6.45, 7) is 4.04. The number of H-pyrrole nitrogens is 1. The van der Waals surface area contributed by atoms with E-state index in [1.807, 2.05) is 30.5 Å². The molecule has 3 N–H and O–H groups in total. The van der Waals surface area contributed by atoms with E-state index in [1.165, 1.54) is 11.9 Å². The van der Waals surface area contributed by atoms with Crippen LogP contribution in [0.25, 0.3) is 21.1 Å². The van der Waals surface area contributed by atoms with Gasteiger partial charge in [0.2, 0.25) is 0 Å². The lowest BCUT2D eigenvalue weighted by atomic mass is 10.1. The maximum Gasteiger partial charge on any atom is 0.277 e. The third-order valence-corrected chi connectivity index (χ3v) is 6.86. The van der Waals surface area contributed by atoms with Crippen LogP contribution < -0.4 is 5.43 Å². The van der Waals surface area contributed by atoms with Crippen LogP contribution in [0, 0.1) is 6.92 Å². The molecule has 9 heteroatoms. The van der Waals surface area contributed by atoms with Gasteiger partial charge in [-0.3, -0.25) is 15.4 Å². The van der Waals surface area contributed by atoms with Gasteiger partial charge in [-0.05, 0) is 49.2 Å². The fourth-order valence-electron chi connectivity index (χ4n) is 4.00. The van der Waals surface area contributed by atoms with Crippen molar-refractivity contribution in [1.82, 2.24) is 20.0 Å². The molecule has 0 atom stereocenters. The van der Waals surface area contributed by atoms with Crippen molar-refractivity contribution in [3.05, 3.63) is 88.2 Å². The first kappa shape index (κ1) is 22.7. The second-order valence-electron chi connectivity index (χ2n) is 8.16. The number of hydrogen-bond acceptors (Lipinski definition) is 7. The van der Waals surface area contributed by atoms with Gasteiger partial charge in [-0.25, -0.2) is 15.0 Å². The number of amides is 1. The molecule has 2 aromatic carbocycles. The van der Waals surface area contributed by atoms with Crippen LogP contribution in [0.5, 0.6) is 0 Å². The highest BCUT2D eigenvalue weighted by atomic mass is 32.1. The zero-order valence-corrected chi connectivity index (χ0v) is 20.1. The largest absolute Gasteiger partial charge is 0.360 e. The number of rotatable bonds is 7. The van der Waals surface area contributed by atoms with Crippen molar-refractivity contribution in [2.24, 2.45) is 5.10 Å². The normalized spacial score (nSPS) is 11.5. The lowest BCUT2D eigenvalue weighted by Crippen LogP contribution is -2.26. The Morgan fingerprint density at radius 2 is 2.06 bits per heavy atom. The number of aryl methyl sites for hydroxylation is 1. The third kappa shape index (κ3) is 4.64. The number of nitrogens with one attached hydrogen (secondary N) is 2. The van der Waals surface area contributed by atoms with Crippen LogP contribution in [-0.4, -0.2) is 43.9 Å². The molecule has 0 spiro atoms. The Bertz CT molecular complexity index is 1540. The molecule has 176 valence electrons. The number of hydrazone groups is 1. The average Bonchev–Trinajstić information content (AvgIpc) is 3.48. The van der Waals surface area contributed by atoms with Crippen LogP contribution in [-0.2, 0) is 6.42 Å². The highest BCUT2D eigenvalue weighted by molar-refractivity contribution is 7.18. The first-order valence-electron chi connectivity index (χ1n) is 11.2. The summed E-state index contributed by atoms with van der Waals surface area (Å²) in [6, 6.07) is 15.5. The Hall–Kier alpha value is -4.08. The second kappa shape index (κ2) is 9.65. The molecule has 5 rings (SSSR count). The predicted octanol–water partition coefficient (Wildman–Crippen LogP) is 5.37. The van der Waals surface area contributed by atoms with Crippen molar-refractivity contribution < 1.29 is 10.0 Å². The predicted molar refractivity (Wildman–Crippen MR) is 139 cm³/mol. The molecule has 0 aliphatic carbocycles. The highest BCUT2D eigenvalue weighted by Crippen LogP contribution is 2.30. The number of benzene rings is 2. The standard InChI is InChI=1S/C26H24N6O2S/c1-3-32(34)26(33)18-9-7-17(8-10-18)11-20-12-21-24(28-15-29-25(21)35-20)31-30-14-19-13-27-22-6-4-5-16(2)23(19)22/h4-10,12-15,27,34H,3,11H2,1-2H3,(H,28,29,31). The van der Waals surface area contributed by atoms with Gasteiger partial charge in [0.25, 0.3) is 5.91 Å². The van der Waals surface area contributed by atoms with Crippen molar-refractivity contribution in [3.8, 4) is 0 Å². The van der Waals surface area contributed by atoms with Crippen LogP contribution >= 0.6 is 11.3 Å². The molecular formula is C26H24N6O2S. The van der Waals surface area contributed by atoms with Crippen molar-refractivity contribution in [2.45, 2.75) is 20.3 Å². The average molecular weight is 485 g/mol. The molecule has 3 aromatic heterocycles. The molecule has 0 fully saturated rings. The topological polar surface area (TPSA) is 106 Å². The maximum atomic E-state index is 12.1. The summed E-state index contributed by atoms with van der Waals surface area (Å²) in [5.74, 6) is 0.240. The van der Waals surface area contributed by atoms with Crippen LogP contribution in [0.4, 0.5) is 5.82 Å². The summed E-state index contributed by atoms with van der Waals surface area (Å²) in [5.41, 5.74) is 7.86. The van der Waals surface area contributed by atoms with Gasteiger partial charge in [0.05, 0.1) is 11.6 Å². The number of carbonyl (C=O) groups is 1. The number of fused-ring (bicyclic) bond motifs is 2. The lowest BCUT2D eigenvalue weighted by molar-refractivity contribution is -0.0541. The highest BCUT2D eigenvalue weighted by Gasteiger charge is 2.13. The molecule has 0 bridgehead atoms. The van der Waals surface area contributed by atoms with Crippen LogP contribution in [0.1, 0.15) is 38.8 Å². The van der Waals surface area contributed by atoms with E-state index in [-0.39, 0.29) is 6.54 Å². The van der Waals surface area contributed by atoms with Gasteiger partial charge in [0, 0.05) is 46.1 Å². The summed E-state index contributed by atoms with van der Waals surface area (Å²) < 4.78 is 0. The maximum absolute atomic E-state index is 12.1. The summed E-state index contributed by atoms with van der Waals surface area (Å²) in [4.78, 5) is 26.2. The van der Waals surface area contributed by atoms with E-state index in [1.54, 1.807) is 36.6 Å². The zero-order chi connectivity index (χ0) is 24.4. The lowest BCUT2D eigenvalue weighted by Gasteiger charge is -2.12. The molecule has 0 radical (unpaired) electrons. The minimum atomic E-state index is -0.407. The van der Waals surface area contributed by atoms with Gasteiger partial charge >= 0.3 is 0 Å². The van der Waals surface area contributed by atoms with E-state index < -0.39 is 5.91 Å². The molecule has 0 saturated carbocycles. The Balaban J connectivity index is 1.33. The first-order valence-corrected chi connectivity index (χ1v) is 12.0. The molecule has 0 aliphatic heterocycles. The van der Waals surface area contributed by atoms with Gasteiger partial charge in [0.15, 0.2) is 5.82 Å². The Morgan fingerprint density at radius 3 is 2.86 bits per heavy atom.